The molecule has 0 spiro atoms. The van der Waals surface area contributed by atoms with Crippen LogP contribution in [0, 0.1) is 11.8 Å². The lowest BCUT2D eigenvalue weighted by Gasteiger charge is -2.35. The fourth-order valence-electron chi connectivity index (χ4n) is 2.47. The van der Waals surface area contributed by atoms with Crippen LogP contribution in [0.4, 0.5) is 4.79 Å². The number of hydrogen-bond acceptors (Lipinski definition) is 5. The van der Waals surface area contributed by atoms with Crippen molar-refractivity contribution in [1.29, 1.82) is 0 Å². The standard InChI is InChI=1S/C25H39NO5Si/c1-24(2,3)31-23(28)26-21(18-19-13-15-20(29-7)16-14-19)22(27)12-10-11-17-30-32(8,9)25(4,5)6/h13-16,21H,11,17-18H2,1-9H3,(H,26,28)/t21-/m0/s1. The predicted molar refractivity (Wildman–Crippen MR) is 130 cm³/mol. The quantitative estimate of drug-likeness (QED) is 0.252. The molecule has 1 N–H and O–H groups in total. The van der Waals surface area contributed by atoms with E-state index >= 15 is 0 Å². The van der Waals surface area contributed by atoms with E-state index in [1.54, 1.807) is 27.9 Å². The van der Waals surface area contributed by atoms with E-state index in [1.807, 2.05) is 24.3 Å². The van der Waals surface area contributed by atoms with Gasteiger partial charge >= 0.3 is 6.09 Å². The molecule has 0 aliphatic rings. The number of amides is 1. The summed E-state index contributed by atoms with van der Waals surface area (Å²) in [5.74, 6) is 5.93. The molecule has 0 saturated carbocycles. The van der Waals surface area contributed by atoms with Gasteiger partial charge in [0.15, 0.2) is 8.32 Å². The van der Waals surface area contributed by atoms with Gasteiger partial charge in [-0.15, -0.1) is 0 Å². The molecule has 6 nitrogen and oxygen atoms in total. The number of carbonyl (C=O) groups is 2. The third kappa shape index (κ3) is 9.88. The van der Waals surface area contributed by atoms with Gasteiger partial charge in [-0.05, 0) is 62.5 Å². The summed E-state index contributed by atoms with van der Waals surface area (Å²) in [6.07, 6.45) is 0.115. The second-order valence-electron chi connectivity index (χ2n) is 10.3. The fraction of sp³-hybridized carbons (Fsp3) is 0.600. The van der Waals surface area contributed by atoms with Gasteiger partial charge in [-0.1, -0.05) is 38.8 Å². The molecule has 0 radical (unpaired) electrons. The van der Waals surface area contributed by atoms with Gasteiger partial charge in [-0.3, -0.25) is 4.79 Å². The molecule has 178 valence electrons. The van der Waals surface area contributed by atoms with E-state index in [2.05, 4.69) is 51.0 Å². The summed E-state index contributed by atoms with van der Waals surface area (Å²) in [4.78, 5) is 25.1. The number of alkyl carbamates (subject to hydrolysis) is 1. The van der Waals surface area contributed by atoms with E-state index in [9.17, 15) is 9.59 Å². The molecule has 0 saturated heterocycles. The molecule has 0 aliphatic heterocycles. The van der Waals surface area contributed by atoms with Gasteiger partial charge in [-0.25, -0.2) is 4.79 Å². The van der Waals surface area contributed by atoms with Crippen LogP contribution in [0.25, 0.3) is 0 Å². The topological polar surface area (TPSA) is 73.9 Å². The highest BCUT2D eigenvalue weighted by molar-refractivity contribution is 6.74. The maximum absolute atomic E-state index is 12.8. The van der Waals surface area contributed by atoms with Gasteiger partial charge in [0.2, 0.25) is 5.78 Å². The molecule has 1 amide bonds. The lowest BCUT2D eigenvalue weighted by atomic mass is 10.0. The number of ether oxygens (including phenoxy) is 2. The number of ketones is 1. The molecule has 1 aromatic carbocycles. The second-order valence-corrected chi connectivity index (χ2v) is 15.1. The smallest absolute Gasteiger partial charge is 0.408 e. The maximum atomic E-state index is 12.8. The van der Waals surface area contributed by atoms with Crippen molar-refractivity contribution in [2.45, 2.75) is 84.2 Å². The van der Waals surface area contributed by atoms with Crippen molar-refractivity contribution in [3.05, 3.63) is 29.8 Å². The van der Waals surface area contributed by atoms with Crippen LogP contribution in [0.2, 0.25) is 18.1 Å². The van der Waals surface area contributed by atoms with Crippen molar-refractivity contribution in [3.8, 4) is 17.6 Å². The number of Topliss-reactive ketones (excluding diaryl/α,β-unsaturated/α-hetero) is 1. The molecular formula is C25H39NO5Si. The Bertz CT molecular complexity index is 823. The molecule has 1 atom stereocenters. The van der Waals surface area contributed by atoms with E-state index in [0.717, 1.165) is 11.3 Å². The van der Waals surface area contributed by atoms with E-state index in [1.165, 1.54) is 0 Å². The molecular weight excluding hydrogens is 422 g/mol. The van der Waals surface area contributed by atoms with Gasteiger partial charge in [0.1, 0.15) is 17.4 Å². The SMILES string of the molecule is COc1ccc(C[C@H](NC(=O)OC(C)(C)C)C(=O)C#CCCO[Si](C)(C)C(C)(C)C)cc1. The molecule has 0 aromatic heterocycles. The first-order valence-corrected chi connectivity index (χ1v) is 13.8. The Balaban J connectivity index is 2.83. The van der Waals surface area contributed by atoms with Crippen LogP contribution in [-0.2, 0) is 20.4 Å². The van der Waals surface area contributed by atoms with Crippen LogP contribution in [0.15, 0.2) is 24.3 Å². The molecule has 32 heavy (non-hydrogen) atoms. The Hall–Kier alpha value is -2.30. The van der Waals surface area contributed by atoms with Gasteiger partial charge in [-0.2, -0.15) is 0 Å². The molecule has 0 bridgehead atoms. The van der Waals surface area contributed by atoms with Crippen molar-refractivity contribution in [2.24, 2.45) is 0 Å². The summed E-state index contributed by atoms with van der Waals surface area (Å²) in [7, 11) is -0.251. The summed E-state index contributed by atoms with van der Waals surface area (Å²) < 4.78 is 16.6. The zero-order valence-electron chi connectivity index (χ0n) is 21.0. The van der Waals surface area contributed by atoms with Crippen molar-refractivity contribution >= 4 is 20.2 Å². The third-order valence-electron chi connectivity index (χ3n) is 5.31. The summed E-state index contributed by atoms with van der Waals surface area (Å²) in [5.41, 5.74) is 0.216. The highest BCUT2D eigenvalue weighted by Crippen LogP contribution is 2.36. The first-order valence-electron chi connectivity index (χ1n) is 10.9. The maximum Gasteiger partial charge on any atom is 0.408 e. The number of hydrogen-bond donors (Lipinski definition) is 1. The van der Waals surface area contributed by atoms with Gasteiger partial charge in [0.05, 0.1) is 7.11 Å². The minimum Gasteiger partial charge on any atom is -0.497 e. The van der Waals surface area contributed by atoms with Crippen LogP contribution >= 0.6 is 0 Å². The van der Waals surface area contributed by atoms with Crippen LogP contribution in [-0.4, -0.2) is 45.6 Å². The van der Waals surface area contributed by atoms with E-state index in [-0.39, 0.29) is 10.8 Å². The first kappa shape index (κ1) is 27.7. The zero-order chi connectivity index (χ0) is 24.6. The minimum absolute atomic E-state index is 0.122. The average molecular weight is 462 g/mol. The summed E-state index contributed by atoms with van der Waals surface area (Å²) >= 11 is 0. The molecule has 0 heterocycles. The minimum atomic E-state index is -1.84. The average Bonchev–Trinajstić information content (AvgIpc) is 2.65. The zero-order valence-corrected chi connectivity index (χ0v) is 22.0. The summed E-state index contributed by atoms with van der Waals surface area (Å²) in [5, 5.41) is 2.79. The Labute approximate surface area is 194 Å². The Morgan fingerprint density at radius 2 is 1.66 bits per heavy atom. The normalized spacial score (nSPS) is 12.9. The van der Waals surface area contributed by atoms with Gasteiger partial charge in [0, 0.05) is 19.4 Å². The van der Waals surface area contributed by atoms with Crippen LogP contribution in [0.5, 0.6) is 5.75 Å². The highest BCUT2D eigenvalue weighted by Gasteiger charge is 2.36. The molecule has 0 unspecified atom stereocenters. The number of methoxy groups -OCH3 is 1. The number of carbonyl (C=O) groups excluding carboxylic acids is 2. The number of rotatable bonds is 8. The fourth-order valence-corrected chi connectivity index (χ4v) is 3.51. The summed E-state index contributed by atoms with van der Waals surface area (Å²) in [6, 6.07) is 6.53. The van der Waals surface area contributed by atoms with Crippen LogP contribution in [0.1, 0.15) is 53.5 Å². The Morgan fingerprint density at radius 1 is 1.06 bits per heavy atom. The van der Waals surface area contributed by atoms with E-state index < -0.39 is 26.1 Å². The van der Waals surface area contributed by atoms with E-state index in [0.29, 0.717) is 19.4 Å². The summed E-state index contributed by atoms with van der Waals surface area (Å²) in [6.45, 7) is 16.7. The second kappa shape index (κ2) is 11.5. The van der Waals surface area contributed by atoms with Crippen LogP contribution in [0.3, 0.4) is 0 Å². The molecule has 0 fully saturated rings. The first-order chi connectivity index (χ1) is 14.6. The lowest BCUT2D eigenvalue weighted by molar-refractivity contribution is -0.115. The van der Waals surface area contributed by atoms with Crippen molar-refractivity contribution in [2.75, 3.05) is 13.7 Å². The molecule has 1 aromatic rings. The van der Waals surface area contributed by atoms with Crippen LogP contribution < -0.4 is 10.1 Å². The molecule has 0 aliphatic carbocycles. The van der Waals surface area contributed by atoms with Crippen molar-refractivity contribution in [1.82, 2.24) is 5.32 Å². The molecule has 7 heteroatoms. The van der Waals surface area contributed by atoms with E-state index in [4.69, 9.17) is 13.9 Å². The highest BCUT2D eigenvalue weighted by atomic mass is 28.4. The third-order valence-corrected chi connectivity index (χ3v) is 9.85. The van der Waals surface area contributed by atoms with Gasteiger partial charge in [0.25, 0.3) is 0 Å². The van der Waals surface area contributed by atoms with Crippen molar-refractivity contribution in [3.63, 3.8) is 0 Å². The van der Waals surface area contributed by atoms with Gasteiger partial charge < -0.3 is 19.2 Å². The Kier molecular flexibility index (Phi) is 9.99. The monoisotopic (exact) mass is 461 g/mol. The number of benzene rings is 1. The lowest BCUT2D eigenvalue weighted by Crippen LogP contribution is -2.44. The molecule has 1 rings (SSSR count). The predicted octanol–water partition coefficient (Wildman–Crippen LogP) is 5.12. The number of nitrogens with one attached hydrogen (secondary N) is 1. The Morgan fingerprint density at radius 3 is 2.16 bits per heavy atom. The largest absolute Gasteiger partial charge is 0.497 e. The van der Waals surface area contributed by atoms with Crippen molar-refractivity contribution < 1.29 is 23.5 Å².